The summed E-state index contributed by atoms with van der Waals surface area (Å²) in [6.07, 6.45) is 3.42. The fraction of sp³-hybridized carbons (Fsp3) is 0.357. The number of ketones is 1. The van der Waals surface area contributed by atoms with Gasteiger partial charge >= 0.3 is 0 Å². The summed E-state index contributed by atoms with van der Waals surface area (Å²) in [6.45, 7) is 3.57. The predicted octanol–water partition coefficient (Wildman–Crippen LogP) is 1.89. The van der Waals surface area contributed by atoms with Gasteiger partial charge in [0, 0.05) is 24.3 Å². The lowest BCUT2D eigenvalue weighted by molar-refractivity contribution is 0.102. The number of anilines is 1. The number of hydrogen-bond donors (Lipinski definition) is 1. The van der Waals surface area contributed by atoms with Gasteiger partial charge in [0.05, 0.1) is 0 Å². The minimum atomic E-state index is -0.0418. The van der Waals surface area contributed by atoms with Gasteiger partial charge in [0.2, 0.25) is 5.78 Å². The number of carbonyl (C=O) groups excluding carboxylic acids is 1. The Kier molecular flexibility index (Phi) is 3.03. The Morgan fingerprint density at radius 3 is 3.21 bits per heavy atom. The first-order valence-electron chi connectivity index (χ1n) is 6.59. The predicted molar refractivity (Wildman–Crippen MR) is 72.4 cm³/mol. The molecule has 3 rings (SSSR count). The number of rotatable bonds is 3. The summed E-state index contributed by atoms with van der Waals surface area (Å²) in [7, 11) is 0. The molecule has 0 amide bonds. The van der Waals surface area contributed by atoms with Crippen molar-refractivity contribution < 1.29 is 4.79 Å². The first-order valence-corrected chi connectivity index (χ1v) is 6.59. The second-order valence-corrected chi connectivity index (χ2v) is 4.59. The molecule has 5 heteroatoms. The third-order valence-corrected chi connectivity index (χ3v) is 3.46. The van der Waals surface area contributed by atoms with Crippen LogP contribution in [-0.4, -0.2) is 27.1 Å². The summed E-state index contributed by atoms with van der Waals surface area (Å²) in [6, 6.07) is 5.82. The number of carbonyl (C=O) groups is 1. The summed E-state index contributed by atoms with van der Waals surface area (Å²) in [5, 5.41) is 7.40. The van der Waals surface area contributed by atoms with E-state index in [1.54, 1.807) is 4.68 Å². The number of aromatic nitrogens is 3. The topological polar surface area (TPSA) is 59.8 Å². The van der Waals surface area contributed by atoms with Crippen LogP contribution in [0.5, 0.6) is 0 Å². The van der Waals surface area contributed by atoms with E-state index in [1.165, 1.54) is 6.33 Å². The van der Waals surface area contributed by atoms with Crippen LogP contribution in [0.15, 0.2) is 24.5 Å². The Hall–Kier alpha value is -2.17. The zero-order chi connectivity index (χ0) is 13.2. The van der Waals surface area contributed by atoms with E-state index in [2.05, 4.69) is 15.4 Å². The molecular formula is C14H16N4O. The lowest BCUT2D eigenvalue weighted by Gasteiger charge is -2.20. The summed E-state index contributed by atoms with van der Waals surface area (Å²) >= 11 is 0. The van der Waals surface area contributed by atoms with Gasteiger partial charge in [-0.25, -0.2) is 9.67 Å². The van der Waals surface area contributed by atoms with E-state index >= 15 is 0 Å². The minimum absolute atomic E-state index is 0.0418. The SMILES string of the molecule is CCn1ncnc1C(=O)c1cccc2c1CCCN2. The van der Waals surface area contributed by atoms with Crippen LogP contribution in [0.3, 0.4) is 0 Å². The Labute approximate surface area is 111 Å². The molecule has 98 valence electrons. The summed E-state index contributed by atoms with van der Waals surface area (Å²) in [5.41, 5.74) is 2.91. The molecule has 0 unspecified atom stereocenters. The van der Waals surface area contributed by atoms with Gasteiger partial charge in [-0.05, 0) is 31.4 Å². The second kappa shape index (κ2) is 4.84. The summed E-state index contributed by atoms with van der Waals surface area (Å²) in [4.78, 5) is 16.7. The normalized spacial score (nSPS) is 13.7. The van der Waals surface area contributed by atoms with Gasteiger partial charge in [0.1, 0.15) is 6.33 Å². The Morgan fingerprint density at radius 2 is 2.37 bits per heavy atom. The Balaban J connectivity index is 2.05. The van der Waals surface area contributed by atoms with Crippen molar-refractivity contribution in [2.75, 3.05) is 11.9 Å². The number of nitrogens with one attached hydrogen (secondary N) is 1. The molecule has 0 atom stereocenters. The molecule has 1 aliphatic rings. The highest BCUT2D eigenvalue weighted by molar-refractivity contribution is 6.08. The first kappa shape index (κ1) is 11.9. The van der Waals surface area contributed by atoms with Crippen LogP contribution >= 0.6 is 0 Å². The molecule has 1 aromatic carbocycles. The number of aryl methyl sites for hydroxylation is 1. The van der Waals surface area contributed by atoms with Crippen molar-refractivity contribution in [1.29, 1.82) is 0 Å². The van der Waals surface area contributed by atoms with Crippen molar-refractivity contribution in [2.45, 2.75) is 26.3 Å². The van der Waals surface area contributed by atoms with Crippen molar-refractivity contribution in [1.82, 2.24) is 14.8 Å². The molecule has 19 heavy (non-hydrogen) atoms. The van der Waals surface area contributed by atoms with Crippen LogP contribution in [-0.2, 0) is 13.0 Å². The standard InChI is InChI=1S/C14H16N4O/c1-2-18-14(16-9-17-18)13(19)11-5-3-7-12-10(11)6-4-8-15-12/h3,5,7,9,15H,2,4,6,8H2,1H3. The molecule has 5 nitrogen and oxygen atoms in total. The van der Waals surface area contributed by atoms with E-state index in [1.807, 2.05) is 25.1 Å². The van der Waals surface area contributed by atoms with Crippen molar-refractivity contribution >= 4 is 11.5 Å². The molecule has 2 aromatic rings. The monoisotopic (exact) mass is 256 g/mol. The van der Waals surface area contributed by atoms with E-state index in [4.69, 9.17) is 0 Å². The van der Waals surface area contributed by atoms with Gasteiger partial charge in [0.15, 0.2) is 5.82 Å². The second-order valence-electron chi connectivity index (χ2n) is 4.59. The van der Waals surface area contributed by atoms with Crippen LogP contribution in [0, 0.1) is 0 Å². The number of hydrogen-bond acceptors (Lipinski definition) is 4. The molecule has 0 fully saturated rings. The molecular weight excluding hydrogens is 240 g/mol. The first-order chi connectivity index (χ1) is 9.31. The highest BCUT2D eigenvalue weighted by atomic mass is 16.1. The molecule has 0 radical (unpaired) electrons. The average Bonchev–Trinajstić information content (AvgIpc) is 2.94. The highest BCUT2D eigenvalue weighted by Gasteiger charge is 2.21. The quantitative estimate of drug-likeness (QED) is 0.852. The maximum Gasteiger partial charge on any atom is 0.230 e. The van der Waals surface area contributed by atoms with E-state index in [0.717, 1.165) is 36.2 Å². The molecule has 1 N–H and O–H groups in total. The zero-order valence-corrected chi connectivity index (χ0v) is 10.9. The zero-order valence-electron chi connectivity index (χ0n) is 10.9. The highest BCUT2D eigenvalue weighted by Crippen LogP contribution is 2.26. The van der Waals surface area contributed by atoms with Crippen LogP contribution in [0.1, 0.15) is 35.1 Å². The summed E-state index contributed by atoms with van der Waals surface area (Å²) in [5.74, 6) is 0.376. The maximum atomic E-state index is 12.6. The Bertz CT molecular complexity index is 618. The number of fused-ring (bicyclic) bond motifs is 1. The molecule has 0 aliphatic carbocycles. The molecule has 1 aliphatic heterocycles. The van der Waals surface area contributed by atoms with Gasteiger partial charge in [-0.2, -0.15) is 5.10 Å². The van der Waals surface area contributed by atoms with Crippen LogP contribution in [0.4, 0.5) is 5.69 Å². The lowest BCUT2D eigenvalue weighted by Crippen LogP contribution is -2.18. The molecule has 2 heterocycles. The maximum absolute atomic E-state index is 12.6. The average molecular weight is 256 g/mol. The van der Waals surface area contributed by atoms with E-state index in [0.29, 0.717) is 12.4 Å². The third-order valence-electron chi connectivity index (χ3n) is 3.46. The molecule has 0 bridgehead atoms. The van der Waals surface area contributed by atoms with Gasteiger partial charge in [-0.15, -0.1) is 0 Å². The van der Waals surface area contributed by atoms with Crippen molar-refractivity contribution in [3.63, 3.8) is 0 Å². The van der Waals surface area contributed by atoms with Gasteiger partial charge in [0.25, 0.3) is 0 Å². The number of nitrogens with zero attached hydrogens (tertiary/aromatic N) is 3. The smallest absolute Gasteiger partial charge is 0.230 e. The Morgan fingerprint density at radius 1 is 1.47 bits per heavy atom. The van der Waals surface area contributed by atoms with E-state index in [9.17, 15) is 4.79 Å². The number of benzene rings is 1. The van der Waals surface area contributed by atoms with Gasteiger partial charge in [-0.3, -0.25) is 4.79 Å². The molecule has 0 saturated carbocycles. The van der Waals surface area contributed by atoms with Crippen molar-refractivity contribution in [3.8, 4) is 0 Å². The molecule has 0 spiro atoms. The third kappa shape index (κ3) is 2.01. The van der Waals surface area contributed by atoms with Crippen molar-refractivity contribution in [3.05, 3.63) is 41.5 Å². The van der Waals surface area contributed by atoms with Crippen LogP contribution in [0.25, 0.3) is 0 Å². The fourth-order valence-electron chi connectivity index (χ4n) is 2.51. The largest absolute Gasteiger partial charge is 0.385 e. The van der Waals surface area contributed by atoms with E-state index < -0.39 is 0 Å². The fourth-order valence-corrected chi connectivity index (χ4v) is 2.51. The van der Waals surface area contributed by atoms with Crippen LogP contribution in [0.2, 0.25) is 0 Å². The van der Waals surface area contributed by atoms with Gasteiger partial charge < -0.3 is 5.32 Å². The van der Waals surface area contributed by atoms with E-state index in [-0.39, 0.29) is 5.78 Å². The summed E-state index contributed by atoms with van der Waals surface area (Å²) < 4.78 is 1.64. The molecule has 0 saturated heterocycles. The van der Waals surface area contributed by atoms with Crippen LogP contribution < -0.4 is 5.32 Å². The van der Waals surface area contributed by atoms with Crippen molar-refractivity contribution in [2.24, 2.45) is 0 Å². The minimum Gasteiger partial charge on any atom is -0.385 e. The lowest BCUT2D eigenvalue weighted by atomic mass is 9.95. The van der Waals surface area contributed by atoms with Gasteiger partial charge in [-0.1, -0.05) is 12.1 Å². The molecule has 1 aromatic heterocycles.